The number of piperidine rings is 1. The summed E-state index contributed by atoms with van der Waals surface area (Å²) in [4.78, 5) is 27.7. The van der Waals surface area contributed by atoms with E-state index < -0.39 is 0 Å². The minimum absolute atomic E-state index is 0.180. The van der Waals surface area contributed by atoms with Crippen LogP contribution in [-0.2, 0) is 14.3 Å². The molecule has 5 nitrogen and oxygen atoms in total. The molecule has 2 atom stereocenters. The maximum Gasteiger partial charge on any atom is 0.235 e. The second-order valence-electron chi connectivity index (χ2n) is 6.98. The fraction of sp³-hybridized carbons (Fsp3) is 0.882. The third-order valence-corrected chi connectivity index (χ3v) is 6.65. The Morgan fingerprint density at radius 1 is 1.09 bits per heavy atom. The fourth-order valence-electron chi connectivity index (χ4n) is 3.73. The fourth-order valence-corrected chi connectivity index (χ4v) is 4.97. The Morgan fingerprint density at radius 3 is 2.48 bits per heavy atom. The van der Waals surface area contributed by atoms with Crippen molar-refractivity contribution in [1.29, 1.82) is 0 Å². The highest BCUT2D eigenvalue weighted by atomic mass is 32.2. The van der Waals surface area contributed by atoms with E-state index in [1.54, 1.807) is 6.92 Å². The van der Waals surface area contributed by atoms with Crippen molar-refractivity contribution in [2.24, 2.45) is 5.92 Å². The van der Waals surface area contributed by atoms with Gasteiger partial charge in [-0.3, -0.25) is 9.59 Å². The lowest BCUT2D eigenvalue weighted by Crippen LogP contribution is -2.39. The number of nitrogens with zero attached hydrogens (tertiary/aromatic N) is 2. The summed E-state index contributed by atoms with van der Waals surface area (Å²) >= 11 is 1.81. The number of amides is 2. The van der Waals surface area contributed by atoms with Crippen molar-refractivity contribution in [3.63, 3.8) is 0 Å². The van der Waals surface area contributed by atoms with Crippen LogP contribution in [0.1, 0.15) is 39.0 Å². The van der Waals surface area contributed by atoms with Crippen LogP contribution in [-0.4, -0.2) is 71.5 Å². The van der Waals surface area contributed by atoms with Gasteiger partial charge >= 0.3 is 0 Å². The second-order valence-corrected chi connectivity index (χ2v) is 8.29. The molecule has 3 aliphatic rings. The molecule has 23 heavy (non-hydrogen) atoms. The van der Waals surface area contributed by atoms with Gasteiger partial charge in [-0.15, -0.1) is 11.8 Å². The third-order valence-electron chi connectivity index (χ3n) is 5.29. The predicted octanol–water partition coefficient (Wildman–Crippen LogP) is 1.76. The molecule has 0 aromatic carbocycles. The van der Waals surface area contributed by atoms with E-state index in [0.717, 1.165) is 64.2 Å². The van der Waals surface area contributed by atoms with Gasteiger partial charge in [-0.05, 0) is 43.8 Å². The molecule has 3 rings (SSSR count). The quantitative estimate of drug-likeness (QED) is 0.782. The van der Waals surface area contributed by atoms with E-state index in [4.69, 9.17) is 4.74 Å². The standard InChI is InChI=1S/C17H28N2O3S/c1-13(20)18-7-4-14(5-8-18)12-22-15-6-9-19(11-15)17(21)16-3-2-10-23-16/h14-16H,2-12H2,1H3. The third kappa shape index (κ3) is 4.41. The lowest BCUT2D eigenvalue weighted by atomic mass is 9.98. The van der Waals surface area contributed by atoms with Crippen LogP contribution >= 0.6 is 11.8 Å². The Balaban J connectivity index is 1.36. The lowest BCUT2D eigenvalue weighted by Gasteiger charge is -2.31. The van der Waals surface area contributed by atoms with Crippen molar-refractivity contribution in [3.8, 4) is 0 Å². The predicted molar refractivity (Wildman–Crippen MR) is 91.4 cm³/mol. The Hall–Kier alpha value is -0.750. The van der Waals surface area contributed by atoms with Crippen LogP contribution in [0.2, 0.25) is 0 Å². The largest absolute Gasteiger partial charge is 0.376 e. The zero-order valence-electron chi connectivity index (χ0n) is 14.0. The molecule has 0 bridgehead atoms. The number of hydrogen-bond donors (Lipinski definition) is 0. The van der Waals surface area contributed by atoms with Crippen molar-refractivity contribution in [1.82, 2.24) is 9.80 Å². The normalized spacial score (nSPS) is 29.3. The SMILES string of the molecule is CC(=O)N1CCC(COC2CCN(C(=O)C3CCCS3)C2)CC1. The highest BCUT2D eigenvalue weighted by Gasteiger charge is 2.33. The van der Waals surface area contributed by atoms with Gasteiger partial charge in [-0.1, -0.05) is 0 Å². The van der Waals surface area contributed by atoms with Gasteiger partial charge in [0, 0.05) is 39.7 Å². The second kappa shape index (κ2) is 7.88. The molecule has 3 aliphatic heterocycles. The maximum atomic E-state index is 12.4. The number of carbonyl (C=O) groups excluding carboxylic acids is 2. The number of rotatable bonds is 4. The number of thioether (sulfide) groups is 1. The highest BCUT2D eigenvalue weighted by molar-refractivity contribution is 8.00. The molecule has 0 saturated carbocycles. The number of hydrogen-bond acceptors (Lipinski definition) is 4. The molecule has 2 unspecified atom stereocenters. The van der Waals surface area contributed by atoms with E-state index in [9.17, 15) is 9.59 Å². The molecule has 0 N–H and O–H groups in total. The molecule has 0 aromatic heterocycles. The Labute approximate surface area is 143 Å². The van der Waals surface area contributed by atoms with Crippen LogP contribution in [0.5, 0.6) is 0 Å². The van der Waals surface area contributed by atoms with Crippen molar-refractivity contribution in [3.05, 3.63) is 0 Å². The Morgan fingerprint density at radius 2 is 1.83 bits per heavy atom. The summed E-state index contributed by atoms with van der Waals surface area (Å²) in [6, 6.07) is 0. The van der Waals surface area contributed by atoms with Gasteiger partial charge in [0.1, 0.15) is 0 Å². The molecule has 6 heteroatoms. The molecule has 0 radical (unpaired) electrons. The first-order chi connectivity index (χ1) is 11.1. The number of carbonyl (C=O) groups is 2. The molecule has 3 fully saturated rings. The summed E-state index contributed by atoms with van der Waals surface area (Å²) < 4.78 is 6.08. The molecule has 3 saturated heterocycles. The monoisotopic (exact) mass is 340 g/mol. The van der Waals surface area contributed by atoms with E-state index in [1.165, 1.54) is 6.42 Å². The molecule has 2 amide bonds. The Kier molecular flexibility index (Phi) is 5.85. The van der Waals surface area contributed by atoms with Crippen LogP contribution in [0.3, 0.4) is 0 Å². The summed E-state index contributed by atoms with van der Waals surface area (Å²) in [7, 11) is 0. The average molecular weight is 340 g/mol. The van der Waals surface area contributed by atoms with Gasteiger partial charge in [0.05, 0.1) is 11.4 Å². The molecule has 0 aromatic rings. The zero-order valence-corrected chi connectivity index (χ0v) is 14.9. The van der Waals surface area contributed by atoms with Gasteiger partial charge in [-0.2, -0.15) is 0 Å². The molecule has 0 spiro atoms. The topological polar surface area (TPSA) is 49.9 Å². The summed E-state index contributed by atoms with van der Waals surface area (Å²) in [5, 5.41) is 0.199. The lowest BCUT2D eigenvalue weighted by molar-refractivity contribution is -0.130. The van der Waals surface area contributed by atoms with Crippen molar-refractivity contribution in [2.45, 2.75) is 50.4 Å². The van der Waals surface area contributed by atoms with Gasteiger partial charge in [0.15, 0.2) is 0 Å². The van der Waals surface area contributed by atoms with E-state index >= 15 is 0 Å². The molecular weight excluding hydrogens is 312 g/mol. The summed E-state index contributed by atoms with van der Waals surface area (Å²) in [5.74, 6) is 2.19. The number of ether oxygens (including phenoxy) is 1. The molecular formula is C17H28N2O3S. The van der Waals surface area contributed by atoms with E-state index in [-0.39, 0.29) is 17.3 Å². The van der Waals surface area contributed by atoms with Gasteiger partial charge in [0.2, 0.25) is 11.8 Å². The summed E-state index contributed by atoms with van der Waals surface area (Å²) in [5.41, 5.74) is 0. The van der Waals surface area contributed by atoms with E-state index in [2.05, 4.69) is 0 Å². The van der Waals surface area contributed by atoms with Crippen LogP contribution in [0, 0.1) is 5.92 Å². The van der Waals surface area contributed by atoms with E-state index in [0.29, 0.717) is 11.8 Å². The highest BCUT2D eigenvalue weighted by Crippen LogP contribution is 2.29. The first-order valence-electron chi connectivity index (χ1n) is 8.91. The Bertz CT molecular complexity index is 432. The smallest absolute Gasteiger partial charge is 0.235 e. The van der Waals surface area contributed by atoms with Crippen LogP contribution in [0.4, 0.5) is 0 Å². The first-order valence-corrected chi connectivity index (χ1v) is 9.96. The first kappa shape index (κ1) is 17.1. The number of likely N-dealkylation sites (tertiary alicyclic amines) is 2. The molecule has 3 heterocycles. The van der Waals surface area contributed by atoms with Gasteiger partial charge in [-0.25, -0.2) is 0 Å². The van der Waals surface area contributed by atoms with Crippen LogP contribution in [0.25, 0.3) is 0 Å². The summed E-state index contributed by atoms with van der Waals surface area (Å²) in [6.45, 7) is 5.75. The minimum atomic E-state index is 0.180. The average Bonchev–Trinajstić information content (AvgIpc) is 3.24. The molecule has 0 aliphatic carbocycles. The van der Waals surface area contributed by atoms with Gasteiger partial charge in [0.25, 0.3) is 0 Å². The summed E-state index contributed by atoms with van der Waals surface area (Å²) in [6.07, 6.45) is 5.46. The van der Waals surface area contributed by atoms with Crippen molar-refractivity contribution >= 4 is 23.6 Å². The van der Waals surface area contributed by atoms with Crippen molar-refractivity contribution < 1.29 is 14.3 Å². The van der Waals surface area contributed by atoms with E-state index in [1.807, 2.05) is 21.6 Å². The minimum Gasteiger partial charge on any atom is -0.376 e. The van der Waals surface area contributed by atoms with Gasteiger partial charge < -0.3 is 14.5 Å². The van der Waals surface area contributed by atoms with Crippen LogP contribution < -0.4 is 0 Å². The van der Waals surface area contributed by atoms with Crippen LogP contribution in [0.15, 0.2) is 0 Å². The zero-order chi connectivity index (χ0) is 16.2. The van der Waals surface area contributed by atoms with Crippen molar-refractivity contribution in [2.75, 3.05) is 38.5 Å². The maximum absolute atomic E-state index is 12.4. The molecule has 130 valence electrons.